The largest absolute Gasteiger partial charge is 0.317 e. The molecule has 2 aliphatic rings. The summed E-state index contributed by atoms with van der Waals surface area (Å²) in [5.41, 5.74) is -0.336. The molecule has 1 N–H and O–H groups in total. The van der Waals surface area contributed by atoms with E-state index in [9.17, 15) is 9.59 Å². The van der Waals surface area contributed by atoms with E-state index in [1.54, 1.807) is 0 Å². The van der Waals surface area contributed by atoms with Gasteiger partial charge in [-0.05, 0) is 32.9 Å². The summed E-state index contributed by atoms with van der Waals surface area (Å²) in [6.07, 6.45) is 2.10. The molecule has 0 unspecified atom stereocenters. The summed E-state index contributed by atoms with van der Waals surface area (Å²) in [6.45, 7) is 3.29. The highest BCUT2D eigenvalue weighted by atomic mass is 16.7. The number of nitrogens with one attached hydrogen (secondary N) is 1. The van der Waals surface area contributed by atoms with Crippen LogP contribution < -0.4 is 5.32 Å². The zero-order chi connectivity index (χ0) is 10.9. The Labute approximate surface area is 88.7 Å². The first kappa shape index (κ1) is 10.6. The summed E-state index contributed by atoms with van der Waals surface area (Å²) in [6, 6.07) is 0. The highest BCUT2D eigenvalue weighted by Crippen LogP contribution is 2.34. The van der Waals surface area contributed by atoms with Crippen LogP contribution >= 0.6 is 0 Å². The maximum absolute atomic E-state index is 11.6. The third kappa shape index (κ3) is 2.18. The van der Waals surface area contributed by atoms with Gasteiger partial charge in [0.2, 0.25) is 5.91 Å². The van der Waals surface area contributed by atoms with E-state index in [0.29, 0.717) is 6.42 Å². The lowest BCUT2D eigenvalue weighted by molar-refractivity contribution is -0.204. The number of hydroxylamine groups is 2. The molecule has 0 saturated carbocycles. The van der Waals surface area contributed by atoms with Gasteiger partial charge >= 0.3 is 0 Å². The predicted molar refractivity (Wildman–Crippen MR) is 52.9 cm³/mol. The number of carbonyl (C=O) groups excluding carboxylic acids is 2. The van der Waals surface area contributed by atoms with Crippen LogP contribution in [0.5, 0.6) is 0 Å². The van der Waals surface area contributed by atoms with E-state index in [-0.39, 0.29) is 23.8 Å². The zero-order valence-corrected chi connectivity index (χ0v) is 8.91. The van der Waals surface area contributed by atoms with Gasteiger partial charge in [-0.3, -0.25) is 14.4 Å². The molecule has 0 aliphatic carbocycles. The monoisotopic (exact) mass is 212 g/mol. The van der Waals surface area contributed by atoms with Crippen LogP contribution in [-0.2, 0) is 14.4 Å². The van der Waals surface area contributed by atoms with Crippen LogP contribution in [0.3, 0.4) is 0 Å². The molecule has 0 aromatic carbocycles. The summed E-state index contributed by atoms with van der Waals surface area (Å²) in [5, 5.41) is 4.46. The van der Waals surface area contributed by atoms with Crippen molar-refractivity contribution < 1.29 is 14.4 Å². The van der Waals surface area contributed by atoms with Gasteiger partial charge in [0.1, 0.15) is 12.1 Å². The minimum atomic E-state index is -0.336. The second-order valence-electron chi connectivity index (χ2n) is 4.33. The van der Waals surface area contributed by atoms with Crippen molar-refractivity contribution in [2.75, 3.05) is 19.6 Å². The SMILES string of the molecule is CC(=O)CN1OC2(CCNCC2)CC1=O. The predicted octanol–water partition coefficient (Wildman–Crippen LogP) is -0.139. The number of hydrogen-bond acceptors (Lipinski definition) is 4. The van der Waals surface area contributed by atoms with Crippen LogP contribution in [0.15, 0.2) is 0 Å². The van der Waals surface area contributed by atoms with Crippen molar-refractivity contribution in [3.05, 3.63) is 0 Å². The van der Waals surface area contributed by atoms with Gasteiger partial charge in [0.05, 0.1) is 6.42 Å². The Hall–Kier alpha value is -0.940. The lowest BCUT2D eigenvalue weighted by Gasteiger charge is -2.31. The maximum atomic E-state index is 11.6. The molecule has 2 fully saturated rings. The average Bonchev–Trinajstić information content (AvgIpc) is 2.43. The van der Waals surface area contributed by atoms with Gasteiger partial charge in [-0.25, -0.2) is 5.06 Å². The van der Waals surface area contributed by atoms with Crippen LogP contribution in [-0.4, -0.2) is 42.0 Å². The molecule has 0 radical (unpaired) electrons. The Morgan fingerprint density at radius 3 is 2.80 bits per heavy atom. The second kappa shape index (κ2) is 3.90. The molecular weight excluding hydrogens is 196 g/mol. The van der Waals surface area contributed by atoms with Gasteiger partial charge in [0, 0.05) is 0 Å². The molecule has 2 heterocycles. The van der Waals surface area contributed by atoms with E-state index in [0.717, 1.165) is 25.9 Å². The maximum Gasteiger partial charge on any atom is 0.249 e. The summed E-state index contributed by atoms with van der Waals surface area (Å²) < 4.78 is 0. The number of ketones is 1. The molecule has 2 aliphatic heterocycles. The van der Waals surface area contributed by atoms with Crippen LogP contribution in [0.4, 0.5) is 0 Å². The quantitative estimate of drug-likeness (QED) is 0.692. The topological polar surface area (TPSA) is 58.6 Å². The van der Waals surface area contributed by atoms with E-state index < -0.39 is 0 Å². The first-order valence-corrected chi connectivity index (χ1v) is 5.31. The van der Waals surface area contributed by atoms with E-state index in [1.807, 2.05) is 0 Å². The molecule has 5 nitrogen and oxygen atoms in total. The zero-order valence-electron chi connectivity index (χ0n) is 8.91. The molecule has 0 atom stereocenters. The Balaban J connectivity index is 2.01. The molecule has 2 saturated heterocycles. The van der Waals surface area contributed by atoms with Crippen molar-refractivity contribution >= 4 is 11.7 Å². The van der Waals surface area contributed by atoms with Crippen molar-refractivity contribution in [3.63, 3.8) is 0 Å². The van der Waals surface area contributed by atoms with E-state index in [1.165, 1.54) is 12.0 Å². The average molecular weight is 212 g/mol. The third-order valence-electron chi connectivity index (χ3n) is 2.94. The van der Waals surface area contributed by atoms with Gasteiger partial charge < -0.3 is 5.32 Å². The molecule has 5 heteroatoms. The van der Waals surface area contributed by atoms with E-state index >= 15 is 0 Å². The number of rotatable bonds is 2. The van der Waals surface area contributed by atoms with Crippen molar-refractivity contribution in [1.29, 1.82) is 0 Å². The molecule has 0 bridgehead atoms. The molecule has 0 aromatic rings. The van der Waals surface area contributed by atoms with Crippen LogP contribution in [0.2, 0.25) is 0 Å². The van der Waals surface area contributed by atoms with E-state index in [2.05, 4.69) is 5.32 Å². The normalized spacial score (nSPS) is 24.9. The molecule has 2 rings (SSSR count). The van der Waals surface area contributed by atoms with Gasteiger partial charge in [0.25, 0.3) is 0 Å². The molecule has 84 valence electrons. The van der Waals surface area contributed by atoms with Gasteiger partial charge in [-0.2, -0.15) is 0 Å². The second-order valence-corrected chi connectivity index (χ2v) is 4.33. The molecule has 0 aromatic heterocycles. The molecule has 1 amide bonds. The summed E-state index contributed by atoms with van der Waals surface area (Å²) >= 11 is 0. The minimum Gasteiger partial charge on any atom is -0.317 e. The third-order valence-corrected chi connectivity index (χ3v) is 2.94. The van der Waals surface area contributed by atoms with Crippen molar-refractivity contribution in [1.82, 2.24) is 10.4 Å². The van der Waals surface area contributed by atoms with Gasteiger partial charge in [-0.15, -0.1) is 0 Å². The highest BCUT2D eigenvalue weighted by molar-refractivity contribution is 5.85. The number of piperidine rings is 1. The van der Waals surface area contributed by atoms with Crippen LogP contribution in [0, 0.1) is 0 Å². The number of hydrogen-bond donors (Lipinski definition) is 1. The molecule has 15 heavy (non-hydrogen) atoms. The standard InChI is InChI=1S/C10H16N2O3/c1-8(13)7-12-9(14)6-10(15-12)2-4-11-5-3-10/h11H,2-7H2,1H3. The van der Waals surface area contributed by atoms with Gasteiger partial charge in [-0.1, -0.05) is 0 Å². The highest BCUT2D eigenvalue weighted by Gasteiger charge is 2.45. The number of carbonyl (C=O) groups is 2. The Morgan fingerprint density at radius 1 is 1.53 bits per heavy atom. The first-order chi connectivity index (χ1) is 7.11. The summed E-state index contributed by atoms with van der Waals surface area (Å²) in [7, 11) is 0. The van der Waals surface area contributed by atoms with Crippen LogP contribution in [0.1, 0.15) is 26.2 Å². The fourth-order valence-corrected chi connectivity index (χ4v) is 2.15. The summed E-state index contributed by atoms with van der Waals surface area (Å²) in [5.74, 6) is -0.110. The van der Waals surface area contributed by atoms with Crippen molar-refractivity contribution in [2.24, 2.45) is 0 Å². The van der Waals surface area contributed by atoms with E-state index in [4.69, 9.17) is 4.84 Å². The lowest BCUT2D eigenvalue weighted by Crippen LogP contribution is -2.42. The minimum absolute atomic E-state index is 0.0469. The van der Waals surface area contributed by atoms with Crippen molar-refractivity contribution in [2.45, 2.75) is 31.8 Å². The molecule has 1 spiro atoms. The first-order valence-electron chi connectivity index (χ1n) is 5.31. The Kier molecular flexibility index (Phi) is 2.75. The Morgan fingerprint density at radius 2 is 2.20 bits per heavy atom. The Bertz CT molecular complexity index is 284. The lowest BCUT2D eigenvalue weighted by atomic mass is 9.90. The number of Topliss-reactive ketones (excluding diaryl/α,β-unsaturated/α-hetero) is 1. The van der Waals surface area contributed by atoms with Crippen molar-refractivity contribution in [3.8, 4) is 0 Å². The fraction of sp³-hybridized carbons (Fsp3) is 0.800. The fourth-order valence-electron chi connectivity index (χ4n) is 2.15. The number of nitrogens with zero attached hydrogens (tertiary/aromatic N) is 1. The smallest absolute Gasteiger partial charge is 0.249 e. The van der Waals surface area contributed by atoms with Gasteiger partial charge in [0.15, 0.2) is 5.78 Å². The van der Waals surface area contributed by atoms with Crippen LogP contribution in [0.25, 0.3) is 0 Å². The summed E-state index contributed by atoms with van der Waals surface area (Å²) in [4.78, 5) is 28.2. The number of amides is 1. The molecular formula is C10H16N2O3.